The summed E-state index contributed by atoms with van der Waals surface area (Å²) in [5.41, 5.74) is 11.7. The number of carbonyl (C=O) groups excluding carboxylic acids is 3. The van der Waals surface area contributed by atoms with Crippen molar-refractivity contribution in [2.24, 2.45) is 11.5 Å². The number of carboxylic acid groups (broad SMARTS) is 2. The van der Waals surface area contributed by atoms with E-state index >= 15 is 0 Å². The minimum atomic E-state index is -1.53. The maximum Gasteiger partial charge on any atom is 0.326 e. The standard InChI is InChI=1S/C24H37N5O9/c1-13(30)20(26)23(36)27-16(4-2-3-11-25)21(34)29-18(12-14-5-7-15(31)8-6-14)22(35)28-17(24(37)38)9-10-19(32)33/h5-8,13,16-18,20,30-31H,2-4,9-12,25-26H2,1H3,(H,27,36)(H,28,35)(H,29,34)(H,32,33)(H,37,38). The summed E-state index contributed by atoms with van der Waals surface area (Å²) in [4.78, 5) is 61.1. The number of benzene rings is 1. The summed E-state index contributed by atoms with van der Waals surface area (Å²) in [5, 5.41) is 44.7. The summed E-state index contributed by atoms with van der Waals surface area (Å²) in [6.45, 7) is 1.66. The number of hydrogen-bond acceptors (Lipinski definition) is 9. The zero-order valence-electron chi connectivity index (χ0n) is 21.1. The lowest BCUT2D eigenvalue weighted by Gasteiger charge is -2.26. The molecule has 5 unspecified atom stereocenters. The molecule has 0 aromatic heterocycles. The highest BCUT2D eigenvalue weighted by Gasteiger charge is 2.31. The van der Waals surface area contributed by atoms with Gasteiger partial charge in [-0.05, 0) is 56.8 Å². The number of hydrogen-bond donors (Lipinski definition) is 9. The fraction of sp³-hybridized carbons (Fsp3) is 0.542. The molecule has 0 aliphatic heterocycles. The zero-order chi connectivity index (χ0) is 28.8. The van der Waals surface area contributed by atoms with Crippen LogP contribution in [0.2, 0.25) is 0 Å². The molecule has 0 radical (unpaired) electrons. The number of aromatic hydroxyl groups is 1. The lowest BCUT2D eigenvalue weighted by atomic mass is 10.0. The van der Waals surface area contributed by atoms with Crippen LogP contribution in [0.5, 0.6) is 5.75 Å². The quantitative estimate of drug-likeness (QED) is 0.0995. The SMILES string of the molecule is CC(O)C(N)C(=O)NC(CCCCN)C(=O)NC(Cc1ccc(O)cc1)C(=O)NC(CCC(=O)O)C(=O)O. The molecule has 5 atom stereocenters. The highest BCUT2D eigenvalue weighted by Crippen LogP contribution is 2.13. The second-order valence-electron chi connectivity index (χ2n) is 8.88. The number of nitrogens with one attached hydrogen (secondary N) is 3. The van der Waals surface area contributed by atoms with E-state index in [0.717, 1.165) is 0 Å². The molecule has 0 fully saturated rings. The first-order chi connectivity index (χ1) is 17.8. The van der Waals surface area contributed by atoms with Crippen molar-refractivity contribution in [2.75, 3.05) is 6.54 Å². The smallest absolute Gasteiger partial charge is 0.326 e. The van der Waals surface area contributed by atoms with Gasteiger partial charge in [-0.3, -0.25) is 19.2 Å². The van der Waals surface area contributed by atoms with Gasteiger partial charge in [0.2, 0.25) is 17.7 Å². The van der Waals surface area contributed by atoms with Gasteiger partial charge in [-0.25, -0.2) is 4.79 Å². The van der Waals surface area contributed by atoms with Crippen LogP contribution >= 0.6 is 0 Å². The Morgan fingerprint density at radius 3 is 1.92 bits per heavy atom. The summed E-state index contributed by atoms with van der Waals surface area (Å²) in [7, 11) is 0. The van der Waals surface area contributed by atoms with Crippen molar-refractivity contribution in [1.29, 1.82) is 0 Å². The summed E-state index contributed by atoms with van der Waals surface area (Å²) in [6, 6.07) is 0.447. The van der Waals surface area contributed by atoms with E-state index in [4.69, 9.17) is 16.6 Å². The molecule has 3 amide bonds. The molecule has 0 aliphatic rings. The number of nitrogens with two attached hydrogens (primary N) is 2. The maximum absolute atomic E-state index is 13.2. The first-order valence-corrected chi connectivity index (χ1v) is 12.1. The predicted molar refractivity (Wildman–Crippen MR) is 135 cm³/mol. The molecule has 1 rings (SSSR count). The summed E-state index contributed by atoms with van der Waals surface area (Å²) >= 11 is 0. The minimum Gasteiger partial charge on any atom is -0.508 e. The van der Waals surface area contributed by atoms with Crippen molar-refractivity contribution in [3.63, 3.8) is 0 Å². The Kier molecular flexibility index (Phi) is 13.7. The van der Waals surface area contributed by atoms with Crippen molar-refractivity contribution in [3.05, 3.63) is 29.8 Å². The number of phenolic OH excluding ortho intramolecular Hbond substituents is 1. The Balaban J connectivity index is 3.16. The van der Waals surface area contributed by atoms with E-state index in [1.54, 1.807) is 0 Å². The van der Waals surface area contributed by atoms with Gasteiger partial charge in [0.15, 0.2) is 0 Å². The molecule has 14 nitrogen and oxygen atoms in total. The van der Waals surface area contributed by atoms with Gasteiger partial charge in [-0.2, -0.15) is 0 Å². The number of carbonyl (C=O) groups is 5. The molecule has 0 bridgehead atoms. The van der Waals surface area contributed by atoms with Crippen LogP contribution in [0.15, 0.2) is 24.3 Å². The Morgan fingerprint density at radius 2 is 1.39 bits per heavy atom. The normalized spacial score (nSPS) is 14.8. The van der Waals surface area contributed by atoms with Crippen molar-refractivity contribution in [3.8, 4) is 5.75 Å². The molecular formula is C24H37N5O9. The number of amides is 3. The molecule has 212 valence electrons. The van der Waals surface area contributed by atoms with Crippen LogP contribution in [-0.4, -0.2) is 86.9 Å². The van der Waals surface area contributed by atoms with Crippen LogP contribution < -0.4 is 27.4 Å². The Labute approximate surface area is 219 Å². The largest absolute Gasteiger partial charge is 0.508 e. The summed E-state index contributed by atoms with van der Waals surface area (Å²) < 4.78 is 0. The third-order valence-corrected chi connectivity index (χ3v) is 5.67. The number of carboxylic acids is 2. The first-order valence-electron chi connectivity index (χ1n) is 12.1. The van der Waals surface area contributed by atoms with Crippen LogP contribution in [0.4, 0.5) is 0 Å². The average Bonchev–Trinajstić information content (AvgIpc) is 2.85. The molecule has 0 heterocycles. The monoisotopic (exact) mass is 539 g/mol. The Hall–Kier alpha value is -3.75. The Morgan fingerprint density at radius 1 is 0.842 bits per heavy atom. The van der Waals surface area contributed by atoms with Gasteiger partial charge >= 0.3 is 11.9 Å². The average molecular weight is 540 g/mol. The number of rotatable bonds is 17. The van der Waals surface area contributed by atoms with Gasteiger partial charge in [0.1, 0.15) is 29.9 Å². The predicted octanol–water partition coefficient (Wildman–Crippen LogP) is -1.82. The molecule has 1 aromatic carbocycles. The van der Waals surface area contributed by atoms with E-state index in [1.165, 1.54) is 31.2 Å². The van der Waals surface area contributed by atoms with Gasteiger partial charge in [-0.1, -0.05) is 12.1 Å². The fourth-order valence-electron chi connectivity index (χ4n) is 3.40. The van der Waals surface area contributed by atoms with Crippen LogP contribution in [0.3, 0.4) is 0 Å². The summed E-state index contributed by atoms with van der Waals surface area (Å²) in [6.07, 6.45) is -1.05. The number of phenols is 1. The minimum absolute atomic E-state index is 0.0319. The fourth-order valence-corrected chi connectivity index (χ4v) is 3.40. The molecule has 14 heteroatoms. The molecule has 0 saturated heterocycles. The van der Waals surface area contributed by atoms with Gasteiger partial charge < -0.3 is 47.8 Å². The van der Waals surface area contributed by atoms with E-state index in [0.29, 0.717) is 24.9 Å². The Bertz CT molecular complexity index is 955. The molecular weight excluding hydrogens is 502 g/mol. The zero-order valence-corrected chi connectivity index (χ0v) is 21.1. The van der Waals surface area contributed by atoms with Gasteiger partial charge in [0.25, 0.3) is 0 Å². The molecule has 11 N–H and O–H groups in total. The van der Waals surface area contributed by atoms with Crippen molar-refractivity contribution in [1.82, 2.24) is 16.0 Å². The van der Waals surface area contributed by atoms with Crippen molar-refractivity contribution >= 4 is 29.7 Å². The number of aliphatic hydroxyl groups is 1. The van der Waals surface area contributed by atoms with Gasteiger partial charge in [-0.15, -0.1) is 0 Å². The number of aliphatic hydroxyl groups excluding tert-OH is 1. The van der Waals surface area contributed by atoms with Gasteiger partial charge in [0.05, 0.1) is 6.10 Å². The summed E-state index contributed by atoms with van der Waals surface area (Å²) in [5.74, 6) is -5.16. The van der Waals surface area contributed by atoms with Crippen molar-refractivity contribution < 1.29 is 44.4 Å². The second-order valence-corrected chi connectivity index (χ2v) is 8.88. The topological polar surface area (TPSA) is 254 Å². The molecule has 0 spiro atoms. The lowest BCUT2D eigenvalue weighted by Crippen LogP contribution is -2.58. The van der Waals surface area contributed by atoms with E-state index in [9.17, 15) is 39.3 Å². The lowest BCUT2D eigenvalue weighted by molar-refractivity contribution is -0.143. The van der Waals surface area contributed by atoms with E-state index < -0.39 is 66.4 Å². The molecule has 1 aromatic rings. The number of aliphatic carboxylic acids is 2. The third kappa shape index (κ3) is 11.5. The van der Waals surface area contributed by atoms with E-state index in [-0.39, 0.29) is 25.0 Å². The van der Waals surface area contributed by atoms with E-state index in [1.807, 2.05) is 0 Å². The maximum atomic E-state index is 13.2. The van der Waals surface area contributed by atoms with E-state index in [2.05, 4.69) is 16.0 Å². The van der Waals surface area contributed by atoms with Gasteiger partial charge in [0, 0.05) is 12.8 Å². The highest BCUT2D eigenvalue weighted by atomic mass is 16.4. The first kappa shape index (κ1) is 32.3. The van der Waals surface area contributed by atoms with Crippen LogP contribution in [0.25, 0.3) is 0 Å². The molecule has 38 heavy (non-hydrogen) atoms. The van der Waals surface area contributed by atoms with Crippen LogP contribution in [0, 0.1) is 0 Å². The number of unbranched alkanes of at least 4 members (excludes halogenated alkanes) is 1. The van der Waals surface area contributed by atoms with Crippen LogP contribution in [-0.2, 0) is 30.4 Å². The molecule has 0 aliphatic carbocycles. The van der Waals surface area contributed by atoms with Crippen LogP contribution in [0.1, 0.15) is 44.6 Å². The highest BCUT2D eigenvalue weighted by molar-refractivity contribution is 5.94. The molecule has 0 saturated carbocycles. The third-order valence-electron chi connectivity index (χ3n) is 5.67. The van der Waals surface area contributed by atoms with Crippen molar-refractivity contribution in [2.45, 2.75) is 75.7 Å². The second kappa shape index (κ2) is 16.2.